The van der Waals surface area contributed by atoms with Gasteiger partial charge in [0.1, 0.15) is 4.75 Å². The lowest BCUT2D eigenvalue weighted by atomic mass is 9.85. The van der Waals surface area contributed by atoms with E-state index in [0.717, 1.165) is 18.4 Å². The molecule has 0 heterocycles. The number of alkyl halides is 3. The van der Waals surface area contributed by atoms with Crippen molar-refractivity contribution in [2.24, 2.45) is 5.92 Å². The van der Waals surface area contributed by atoms with Crippen molar-refractivity contribution >= 4 is 81.3 Å². The van der Waals surface area contributed by atoms with Gasteiger partial charge < -0.3 is 0 Å². The van der Waals surface area contributed by atoms with Crippen molar-refractivity contribution in [2.45, 2.75) is 42.5 Å². The van der Waals surface area contributed by atoms with Gasteiger partial charge in [0.15, 0.2) is 0 Å². The van der Waals surface area contributed by atoms with Crippen LogP contribution in [0.2, 0.25) is 20.1 Å². The summed E-state index contributed by atoms with van der Waals surface area (Å²) in [6, 6.07) is 7.74. The Hall–Kier alpha value is -0.430. The fraction of sp³-hybridized carbons (Fsp3) is 0.375. The molecule has 9 heteroatoms. The van der Waals surface area contributed by atoms with E-state index in [2.05, 4.69) is 6.58 Å². The molecule has 0 saturated heterocycles. The van der Waals surface area contributed by atoms with E-state index >= 15 is 0 Å². The summed E-state index contributed by atoms with van der Waals surface area (Å²) in [6.45, 7) is 4.02. The molecule has 0 aliphatic heterocycles. The van der Waals surface area contributed by atoms with Gasteiger partial charge >= 0.3 is 6.18 Å². The summed E-state index contributed by atoms with van der Waals surface area (Å²) in [5, 5.41) is 2.23. The van der Waals surface area contributed by atoms with Crippen LogP contribution < -0.4 is 0 Å². The van der Waals surface area contributed by atoms with Crippen molar-refractivity contribution in [2.75, 3.05) is 6.26 Å². The van der Waals surface area contributed by atoms with Crippen LogP contribution in [0.3, 0.4) is 0 Å². The fourth-order valence-electron chi connectivity index (χ4n) is 4.09. The molecule has 0 aromatic heterocycles. The van der Waals surface area contributed by atoms with Crippen molar-refractivity contribution < 1.29 is 13.2 Å². The van der Waals surface area contributed by atoms with Gasteiger partial charge in [-0.05, 0) is 95.7 Å². The van der Waals surface area contributed by atoms with Crippen molar-refractivity contribution in [3.8, 4) is 0 Å². The second kappa shape index (κ2) is 10.7. The molecule has 0 amide bonds. The van der Waals surface area contributed by atoms with Crippen LogP contribution in [-0.4, -0.2) is 17.8 Å². The summed E-state index contributed by atoms with van der Waals surface area (Å²) in [5.41, 5.74) is 1.77. The molecular formula is C24H21Cl4F3S2. The van der Waals surface area contributed by atoms with Gasteiger partial charge in [-0.3, -0.25) is 0 Å². The smallest absolute Gasteiger partial charge is 0.169 e. The maximum absolute atomic E-state index is 14.6. The minimum atomic E-state index is -4.61. The Bertz CT molecular complexity index is 1040. The molecule has 0 radical (unpaired) electrons. The molecule has 0 N–H and O–H groups in total. The van der Waals surface area contributed by atoms with E-state index in [4.69, 9.17) is 58.6 Å². The number of halogens is 7. The predicted octanol–water partition coefficient (Wildman–Crippen LogP) is 10.4. The molecule has 2 atom stereocenters. The van der Waals surface area contributed by atoms with Crippen LogP contribution >= 0.6 is 70.4 Å². The van der Waals surface area contributed by atoms with Crippen LogP contribution in [0.15, 0.2) is 36.9 Å². The van der Waals surface area contributed by atoms with Gasteiger partial charge in [-0.15, -0.1) is 11.8 Å². The molecule has 2 aromatic carbocycles. The zero-order chi connectivity index (χ0) is 24.6. The molecule has 2 unspecified atom stereocenters. The summed E-state index contributed by atoms with van der Waals surface area (Å²) in [4.78, 5) is 0. The Morgan fingerprint density at radius 3 is 2.21 bits per heavy atom. The summed E-state index contributed by atoms with van der Waals surface area (Å²) in [5.74, 6) is 0.647. The Balaban J connectivity index is 2.04. The van der Waals surface area contributed by atoms with Gasteiger partial charge in [0, 0.05) is 5.02 Å². The molecule has 0 nitrogen and oxygen atoms in total. The first-order chi connectivity index (χ1) is 15.4. The average Bonchev–Trinajstić information content (AvgIpc) is 3.58. The Morgan fingerprint density at radius 1 is 1.12 bits per heavy atom. The summed E-state index contributed by atoms with van der Waals surface area (Å²) in [7, 11) is 0. The summed E-state index contributed by atoms with van der Waals surface area (Å²) in [6.07, 6.45) is -0.719. The highest BCUT2D eigenvalue weighted by molar-refractivity contribution is 7.99. The number of benzene rings is 2. The van der Waals surface area contributed by atoms with Crippen LogP contribution in [0.5, 0.6) is 0 Å². The zero-order valence-corrected chi connectivity index (χ0v) is 22.3. The molecule has 33 heavy (non-hydrogen) atoms. The van der Waals surface area contributed by atoms with E-state index < -0.39 is 17.3 Å². The first-order valence-corrected chi connectivity index (χ1v) is 13.3. The highest BCUT2D eigenvalue weighted by atomic mass is 35.5. The van der Waals surface area contributed by atoms with Crippen molar-refractivity contribution in [1.82, 2.24) is 0 Å². The Morgan fingerprint density at radius 2 is 1.73 bits per heavy atom. The quantitative estimate of drug-likeness (QED) is 0.217. The van der Waals surface area contributed by atoms with Gasteiger partial charge in [0.05, 0.1) is 15.1 Å². The highest BCUT2D eigenvalue weighted by Gasteiger charge is 2.56. The lowest BCUT2D eigenvalue weighted by molar-refractivity contribution is -0.160. The minimum absolute atomic E-state index is 0.0186. The van der Waals surface area contributed by atoms with Crippen LogP contribution in [0.1, 0.15) is 48.3 Å². The molecule has 178 valence electrons. The lowest BCUT2D eigenvalue weighted by Crippen LogP contribution is -2.39. The molecular weight excluding hydrogens is 551 g/mol. The summed E-state index contributed by atoms with van der Waals surface area (Å²) >= 11 is 30.4. The monoisotopic (exact) mass is 570 g/mol. The third-order valence-corrected chi connectivity index (χ3v) is 9.11. The van der Waals surface area contributed by atoms with Crippen molar-refractivity contribution in [3.63, 3.8) is 0 Å². The van der Waals surface area contributed by atoms with E-state index in [9.17, 15) is 13.2 Å². The largest absolute Gasteiger partial charge is 0.407 e. The zero-order valence-electron chi connectivity index (χ0n) is 17.6. The second-order valence-electron chi connectivity index (χ2n) is 8.15. The molecule has 1 fully saturated rings. The van der Waals surface area contributed by atoms with E-state index in [1.165, 1.54) is 18.4 Å². The van der Waals surface area contributed by atoms with Crippen LogP contribution in [-0.2, 0) is 4.75 Å². The first-order valence-electron chi connectivity index (χ1n) is 10.1. The van der Waals surface area contributed by atoms with Gasteiger partial charge in [-0.25, -0.2) is 0 Å². The topological polar surface area (TPSA) is 0 Å². The molecule has 0 spiro atoms. The van der Waals surface area contributed by atoms with Crippen molar-refractivity contribution in [3.05, 3.63) is 73.7 Å². The van der Waals surface area contributed by atoms with Crippen LogP contribution in [0.4, 0.5) is 13.2 Å². The van der Waals surface area contributed by atoms with E-state index in [0.29, 0.717) is 40.3 Å². The van der Waals surface area contributed by atoms with E-state index in [1.807, 2.05) is 6.07 Å². The number of thiocarbonyl (C=S) groups is 1. The molecule has 1 aliphatic rings. The molecule has 0 bridgehead atoms. The van der Waals surface area contributed by atoms with Gasteiger partial charge in [-0.2, -0.15) is 13.2 Å². The first kappa shape index (κ1) is 27.2. The molecule has 3 rings (SSSR count). The average molecular weight is 572 g/mol. The SMILES string of the molecule is C=C(CC(SC)(c1cc(Cl)c(Cl)c(Cl)c1)C(F)(F)F)c1ccc(Cl)c(C(CC=S)C2CC2)c1. The Kier molecular flexibility index (Phi) is 8.79. The predicted molar refractivity (Wildman–Crippen MR) is 142 cm³/mol. The second-order valence-corrected chi connectivity index (χ2v) is 11.2. The van der Waals surface area contributed by atoms with Crippen LogP contribution in [0, 0.1) is 5.92 Å². The number of hydrogen-bond acceptors (Lipinski definition) is 2. The van der Waals surface area contributed by atoms with Crippen LogP contribution in [0.25, 0.3) is 5.57 Å². The molecule has 1 aliphatic carbocycles. The van der Waals surface area contributed by atoms with Gasteiger partial charge in [0.25, 0.3) is 0 Å². The standard InChI is InChI=1S/C24H21Cl4F3S2/c1-13(15-5-6-19(25)18(9-15)17(7-8-32)14-3-4-14)12-23(33-2,24(29,30)31)16-10-20(26)22(28)21(27)11-16/h5-6,8-11,14,17H,1,3-4,7,12H2,2H3. The maximum atomic E-state index is 14.6. The number of hydrogen-bond donors (Lipinski definition) is 0. The highest BCUT2D eigenvalue weighted by Crippen LogP contribution is 2.55. The molecule has 1 saturated carbocycles. The van der Waals surface area contributed by atoms with Gasteiger partial charge in [0.2, 0.25) is 0 Å². The summed E-state index contributed by atoms with van der Waals surface area (Å²) < 4.78 is 41.4. The van der Waals surface area contributed by atoms with E-state index in [-0.39, 0.29) is 26.5 Å². The third kappa shape index (κ3) is 5.70. The number of rotatable bonds is 9. The third-order valence-electron chi connectivity index (χ3n) is 6.06. The van der Waals surface area contributed by atoms with Crippen molar-refractivity contribution in [1.29, 1.82) is 0 Å². The number of thioether (sulfide) groups is 1. The minimum Gasteiger partial charge on any atom is -0.169 e. The molecule has 2 aromatic rings. The van der Waals surface area contributed by atoms with Gasteiger partial charge in [-0.1, -0.05) is 71.3 Å². The Labute approximate surface area is 221 Å². The normalized spacial score (nSPS) is 16.8. The lowest BCUT2D eigenvalue weighted by Gasteiger charge is -2.36. The fourth-order valence-corrected chi connectivity index (χ4v) is 6.05. The maximum Gasteiger partial charge on any atom is 0.407 e. The number of allylic oxidation sites excluding steroid dienone is 1. The van der Waals surface area contributed by atoms with E-state index in [1.54, 1.807) is 17.5 Å².